The minimum absolute atomic E-state index is 0.168. The second-order valence-corrected chi connectivity index (χ2v) is 6.29. The molecule has 2 atom stereocenters. The fraction of sp³-hybridized carbons (Fsp3) is 0.667. The minimum atomic E-state index is 0.168. The van der Waals surface area contributed by atoms with Crippen LogP contribution < -0.4 is 10.5 Å². The lowest BCUT2D eigenvalue weighted by Crippen LogP contribution is -2.53. The molecular weight excluding hydrogens is 290 g/mol. The van der Waals surface area contributed by atoms with Gasteiger partial charge in [-0.05, 0) is 44.5 Å². The highest BCUT2D eigenvalue weighted by Gasteiger charge is 2.28. The van der Waals surface area contributed by atoms with Gasteiger partial charge in [-0.1, -0.05) is 13.0 Å². The topological polar surface area (TPSA) is 62.0 Å². The standard InChI is InChI=1S/C18H31N3O2/c1-4-8-20-9-10-21(13-14(20)3)16(12-19)15-6-7-17(22)18(11-15)23-5-2/h6-7,11,14,16,22H,4-5,8-10,12-13,19H2,1-3H3. The molecule has 0 radical (unpaired) electrons. The van der Waals surface area contributed by atoms with Gasteiger partial charge in [0.1, 0.15) is 0 Å². The number of phenolic OH excluding ortho intramolecular Hbond substituents is 1. The summed E-state index contributed by atoms with van der Waals surface area (Å²) >= 11 is 0. The summed E-state index contributed by atoms with van der Waals surface area (Å²) in [5, 5.41) is 9.89. The van der Waals surface area contributed by atoms with Crippen LogP contribution in [0.4, 0.5) is 0 Å². The van der Waals surface area contributed by atoms with Crippen molar-refractivity contribution in [2.24, 2.45) is 5.73 Å². The van der Waals surface area contributed by atoms with Gasteiger partial charge in [0.15, 0.2) is 11.5 Å². The number of hydrogen-bond acceptors (Lipinski definition) is 5. The van der Waals surface area contributed by atoms with E-state index in [0.717, 1.165) is 31.7 Å². The normalized spacial score (nSPS) is 21.3. The quantitative estimate of drug-likeness (QED) is 0.806. The van der Waals surface area contributed by atoms with E-state index >= 15 is 0 Å². The minimum Gasteiger partial charge on any atom is -0.504 e. The molecule has 1 heterocycles. The van der Waals surface area contributed by atoms with Gasteiger partial charge in [-0.25, -0.2) is 0 Å². The molecule has 0 spiro atoms. The van der Waals surface area contributed by atoms with Crippen molar-refractivity contribution < 1.29 is 9.84 Å². The molecule has 5 nitrogen and oxygen atoms in total. The second kappa shape index (κ2) is 8.52. The summed E-state index contributed by atoms with van der Waals surface area (Å²) in [4.78, 5) is 5.01. The maximum atomic E-state index is 9.89. The first-order valence-corrected chi connectivity index (χ1v) is 8.74. The molecule has 2 rings (SSSR count). The predicted octanol–water partition coefficient (Wildman–Crippen LogP) is 2.21. The van der Waals surface area contributed by atoms with Crippen LogP contribution in [-0.2, 0) is 0 Å². The molecule has 130 valence electrons. The van der Waals surface area contributed by atoms with E-state index < -0.39 is 0 Å². The third kappa shape index (κ3) is 4.37. The van der Waals surface area contributed by atoms with Crippen molar-refractivity contribution >= 4 is 0 Å². The first kappa shape index (κ1) is 18.0. The summed E-state index contributed by atoms with van der Waals surface area (Å²) in [7, 11) is 0. The molecule has 1 aromatic carbocycles. The molecule has 3 N–H and O–H groups in total. The van der Waals surface area contributed by atoms with E-state index in [1.54, 1.807) is 6.07 Å². The Bertz CT molecular complexity index is 495. The zero-order chi connectivity index (χ0) is 16.8. The Labute approximate surface area is 140 Å². The highest BCUT2D eigenvalue weighted by Crippen LogP contribution is 2.32. The molecule has 1 aliphatic rings. The van der Waals surface area contributed by atoms with E-state index in [2.05, 4.69) is 23.6 Å². The molecular formula is C18H31N3O2. The second-order valence-electron chi connectivity index (χ2n) is 6.29. The maximum Gasteiger partial charge on any atom is 0.161 e. The van der Waals surface area contributed by atoms with Gasteiger partial charge in [0.05, 0.1) is 6.61 Å². The van der Waals surface area contributed by atoms with Crippen LogP contribution in [0.1, 0.15) is 38.8 Å². The van der Waals surface area contributed by atoms with Gasteiger partial charge in [0, 0.05) is 38.3 Å². The number of hydrogen-bond donors (Lipinski definition) is 2. The van der Waals surface area contributed by atoms with Crippen LogP contribution in [0.3, 0.4) is 0 Å². The van der Waals surface area contributed by atoms with Gasteiger partial charge >= 0.3 is 0 Å². The average molecular weight is 321 g/mol. The van der Waals surface area contributed by atoms with Gasteiger partial charge in [-0.15, -0.1) is 0 Å². The summed E-state index contributed by atoms with van der Waals surface area (Å²) in [6, 6.07) is 6.31. The maximum absolute atomic E-state index is 9.89. The number of benzene rings is 1. The van der Waals surface area contributed by atoms with E-state index in [9.17, 15) is 5.11 Å². The molecule has 0 saturated carbocycles. The van der Waals surface area contributed by atoms with Crippen molar-refractivity contribution in [1.29, 1.82) is 0 Å². The Balaban J connectivity index is 2.12. The monoisotopic (exact) mass is 321 g/mol. The first-order chi connectivity index (χ1) is 11.1. The largest absolute Gasteiger partial charge is 0.504 e. The van der Waals surface area contributed by atoms with E-state index in [4.69, 9.17) is 10.5 Å². The van der Waals surface area contributed by atoms with E-state index in [1.807, 2.05) is 19.1 Å². The summed E-state index contributed by atoms with van der Waals surface area (Å²) in [5.41, 5.74) is 7.19. The Morgan fingerprint density at radius 3 is 2.74 bits per heavy atom. The molecule has 0 aromatic heterocycles. The SMILES string of the molecule is CCCN1CCN(C(CN)c2ccc(O)c(OCC)c2)CC1C. The van der Waals surface area contributed by atoms with Crippen molar-refractivity contribution in [3.63, 3.8) is 0 Å². The van der Waals surface area contributed by atoms with Crippen molar-refractivity contribution in [3.8, 4) is 11.5 Å². The number of rotatable bonds is 7. The smallest absolute Gasteiger partial charge is 0.161 e. The summed E-state index contributed by atoms with van der Waals surface area (Å²) < 4.78 is 5.51. The van der Waals surface area contributed by atoms with Crippen molar-refractivity contribution in [3.05, 3.63) is 23.8 Å². The van der Waals surface area contributed by atoms with E-state index in [1.165, 1.54) is 6.42 Å². The van der Waals surface area contributed by atoms with Crippen LogP contribution in [0, 0.1) is 0 Å². The number of nitrogens with zero attached hydrogens (tertiary/aromatic N) is 2. The third-order valence-corrected chi connectivity index (χ3v) is 4.64. The van der Waals surface area contributed by atoms with Crippen LogP contribution in [0.25, 0.3) is 0 Å². The van der Waals surface area contributed by atoms with Crippen LogP contribution in [0.2, 0.25) is 0 Å². The zero-order valence-corrected chi connectivity index (χ0v) is 14.7. The highest BCUT2D eigenvalue weighted by molar-refractivity contribution is 5.43. The van der Waals surface area contributed by atoms with Crippen molar-refractivity contribution in [2.75, 3.05) is 39.3 Å². The van der Waals surface area contributed by atoms with Crippen LogP contribution >= 0.6 is 0 Å². The highest BCUT2D eigenvalue weighted by atomic mass is 16.5. The number of phenols is 1. The van der Waals surface area contributed by atoms with E-state index in [0.29, 0.717) is 24.9 Å². The lowest BCUT2D eigenvalue weighted by Gasteiger charge is -2.43. The van der Waals surface area contributed by atoms with Crippen molar-refractivity contribution in [2.45, 2.75) is 39.3 Å². The third-order valence-electron chi connectivity index (χ3n) is 4.64. The fourth-order valence-electron chi connectivity index (χ4n) is 3.43. The number of piperazine rings is 1. The van der Waals surface area contributed by atoms with Gasteiger partial charge in [-0.2, -0.15) is 0 Å². The first-order valence-electron chi connectivity index (χ1n) is 8.74. The predicted molar refractivity (Wildman–Crippen MR) is 94.0 cm³/mol. The molecule has 0 bridgehead atoms. The molecule has 23 heavy (non-hydrogen) atoms. The van der Waals surface area contributed by atoms with Gasteiger partial charge in [-0.3, -0.25) is 9.80 Å². The lowest BCUT2D eigenvalue weighted by molar-refractivity contribution is 0.0571. The van der Waals surface area contributed by atoms with Crippen LogP contribution in [-0.4, -0.2) is 60.3 Å². The number of ether oxygens (including phenoxy) is 1. The molecule has 2 unspecified atom stereocenters. The zero-order valence-electron chi connectivity index (χ0n) is 14.7. The Kier molecular flexibility index (Phi) is 6.69. The molecule has 0 aliphatic carbocycles. The fourth-order valence-corrected chi connectivity index (χ4v) is 3.43. The Morgan fingerprint density at radius 1 is 1.35 bits per heavy atom. The Morgan fingerprint density at radius 2 is 2.13 bits per heavy atom. The summed E-state index contributed by atoms with van der Waals surface area (Å²) in [6.07, 6.45) is 1.19. The Hall–Kier alpha value is -1.30. The molecule has 1 aliphatic heterocycles. The average Bonchev–Trinajstić information content (AvgIpc) is 2.54. The van der Waals surface area contributed by atoms with Crippen molar-refractivity contribution in [1.82, 2.24) is 9.80 Å². The van der Waals surface area contributed by atoms with E-state index in [-0.39, 0.29) is 11.8 Å². The molecule has 1 saturated heterocycles. The van der Waals surface area contributed by atoms with Crippen LogP contribution in [0.5, 0.6) is 11.5 Å². The number of aromatic hydroxyl groups is 1. The molecule has 1 fully saturated rings. The number of nitrogens with two attached hydrogens (primary N) is 1. The lowest BCUT2D eigenvalue weighted by atomic mass is 10.0. The molecule has 1 aromatic rings. The molecule has 5 heteroatoms. The summed E-state index contributed by atoms with van der Waals surface area (Å²) in [6.45, 7) is 11.8. The van der Waals surface area contributed by atoms with Gasteiger partial charge in [0.25, 0.3) is 0 Å². The molecule has 0 amide bonds. The van der Waals surface area contributed by atoms with Gasteiger partial charge < -0.3 is 15.6 Å². The van der Waals surface area contributed by atoms with Crippen LogP contribution in [0.15, 0.2) is 18.2 Å². The van der Waals surface area contributed by atoms with Gasteiger partial charge in [0.2, 0.25) is 0 Å². The summed E-state index contributed by atoms with van der Waals surface area (Å²) in [5.74, 6) is 0.730.